The zero-order valence-electron chi connectivity index (χ0n) is 14.4. The van der Waals surface area contributed by atoms with Crippen LogP contribution >= 0.6 is 0 Å². The van der Waals surface area contributed by atoms with Crippen LogP contribution in [-0.2, 0) is 4.79 Å². The summed E-state index contributed by atoms with van der Waals surface area (Å²) < 4.78 is 10.7. The van der Waals surface area contributed by atoms with Gasteiger partial charge in [-0.25, -0.2) is 0 Å². The normalized spacial score (nSPS) is 10.8. The number of carbonyl (C=O) groups is 2. The monoisotopic (exact) mass is 335 g/mol. The van der Waals surface area contributed by atoms with Gasteiger partial charge in [0.05, 0.1) is 12.5 Å². The number of amides is 1. The van der Waals surface area contributed by atoms with Crippen molar-refractivity contribution < 1.29 is 24.2 Å². The van der Waals surface area contributed by atoms with E-state index in [2.05, 4.69) is 11.9 Å². The zero-order chi connectivity index (χ0) is 18.2. The molecule has 0 spiro atoms. The predicted molar refractivity (Wildman–Crippen MR) is 91.7 cm³/mol. The van der Waals surface area contributed by atoms with E-state index < -0.39 is 11.4 Å². The largest absolute Gasteiger partial charge is 0.493 e. The van der Waals surface area contributed by atoms with E-state index in [-0.39, 0.29) is 12.5 Å². The first kappa shape index (κ1) is 19.5. The maximum atomic E-state index is 12.3. The van der Waals surface area contributed by atoms with Crippen molar-refractivity contribution in [3.63, 3.8) is 0 Å². The second-order valence-corrected chi connectivity index (χ2v) is 5.44. The molecule has 1 aromatic rings. The van der Waals surface area contributed by atoms with Crippen LogP contribution in [-0.4, -0.2) is 37.2 Å². The number of nitrogens with one attached hydrogen (secondary N) is 1. The molecule has 1 rings (SSSR count). The lowest BCUT2D eigenvalue weighted by molar-refractivity contribution is -0.149. The molecule has 6 nitrogen and oxygen atoms in total. The molecule has 0 fully saturated rings. The molecule has 1 amide bonds. The van der Waals surface area contributed by atoms with Gasteiger partial charge in [0.2, 0.25) is 0 Å². The van der Waals surface area contributed by atoms with E-state index in [9.17, 15) is 14.7 Å². The summed E-state index contributed by atoms with van der Waals surface area (Å²) >= 11 is 0. The van der Waals surface area contributed by atoms with Crippen molar-refractivity contribution in [2.75, 3.05) is 20.3 Å². The number of hydrogen-bond donors (Lipinski definition) is 2. The molecule has 0 aromatic heterocycles. The Morgan fingerprint density at radius 1 is 1.29 bits per heavy atom. The van der Waals surface area contributed by atoms with Crippen LogP contribution in [0.15, 0.2) is 30.9 Å². The number of aliphatic carboxylic acids is 1. The van der Waals surface area contributed by atoms with Gasteiger partial charge in [0.15, 0.2) is 11.5 Å². The highest BCUT2D eigenvalue weighted by Gasteiger charge is 2.35. The molecule has 24 heavy (non-hydrogen) atoms. The molecule has 0 saturated carbocycles. The van der Waals surface area contributed by atoms with E-state index in [0.717, 1.165) is 0 Å². The van der Waals surface area contributed by atoms with E-state index in [1.165, 1.54) is 7.11 Å². The Balaban J connectivity index is 2.88. The van der Waals surface area contributed by atoms with Gasteiger partial charge in [-0.1, -0.05) is 26.5 Å². The molecule has 0 radical (unpaired) electrons. The van der Waals surface area contributed by atoms with Crippen LogP contribution in [0.3, 0.4) is 0 Å². The molecule has 0 heterocycles. The van der Waals surface area contributed by atoms with E-state index in [1.807, 2.05) is 0 Å². The Morgan fingerprint density at radius 3 is 2.46 bits per heavy atom. The number of carbonyl (C=O) groups excluding carboxylic acids is 1. The van der Waals surface area contributed by atoms with Gasteiger partial charge < -0.3 is 19.9 Å². The lowest BCUT2D eigenvalue weighted by Gasteiger charge is -2.26. The molecule has 0 bridgehead atoms. The van der Waals surface area contributed by atoms with Gasteiger partial charge in [-0.2, -0.15) is 0 Å². The van der Waals surface area contributed by atoms with Crippen LogP contribution in [0, 0.1) is 5.41 Å². The fourth-order valence-corrected chi connectivity index (χ4v) is 2.31. The zero-order valence-corrected chi connectivity index (χ0v) is 14.4. The molecule has 0 aliphatic heterocycles. The second kappa shape index (κ2) is 8.96. The molecular formula is C18H25NO5. The molecule has 2 N–H and O–H groups in total. The Kier molecular flexibility index (Phi) is 7.30. The van der Waals surface area contributed by atoms with Crippen LogP contribution in [0.4, 0.5) is 0 Å². The van der Waals surface area contributed by atoms with E-state index in [4.69, 9.17) is 9.47 Å². The Morgan fingerprint density at radius 2 is 1.96 bits per heavy atom. The van der Waals surface area contributed by atoms with Gasteiger partial charge in [-0.05, 0) is 31.0 Å². The van der Waals surface area contributed by atoms with Crippen molar-refractivity contribution in [2.45, 2.75) is 26.7 Å². The van der Waals surface area contributed by atoms with Crippen molar-refractivity contribution in [2.24, 2.45) is 5.41 Å². The minimum atomic E-state index is -0.952. The molecular weight excluding hydrogens is 310 g/mol. The molecule has 1 aromatic carbocycles. The van der Waals surface area contributed by atoms with Crippen molar-refractivity contribution in [1.82, 2.24) is 5.32 Å². The van der Waals surface area contributed by atoms with Gasteiger partial charge in [0.1, 0.15) is 6.61 Å². The maximum Gasteiger partial charge on any atom is 0.311 e. The highest BCUT2D eigenvalue weighted by atomic mass is 16.5. The number of benzene rings is 1. The van der Waals surface area contributed by atoms with Crippen LogP contribution in [0.5, 0.6) is 11.5 Å². The molecule has 0 aliphatic rings. The van der Waals surface area contributed by atoms with Crippen molar-refractivity contribution in [3.8, 4) is 11.5 Å². The summed E-state index contributed by atoms with van der Waals surface area (Å²) in [4.78, 5) is 23.8. The predicted octanol–water partition coefficient (Wildman–Crippen LogP) is 2.88. The highest BCUT2D eigenvalue weighted by Crippen LogP contribution is 2.29. The van der Waals surface area contributed by atoms with Gasteiger partial charge in [-0.3, -0.25) is 9.59 Å². The molecule has 6 heteroatoms. The van der Waals surface area contributed by atoms with Crippen molar-refractivity contribution >= 4 is 11.9 Å². The number of carboxylic acids is 1. The minimum absolute atomic E-state index is 0.0746. The minimum Gasteiger partial charge on any atom is -0.493 e. The smallest absolute Gasteiger partial charge is 0.311 e. The average molecular weight is 335 g/mol. The number of ether oxygens (including phenoxy) is 2. The summed E-state index contributed by atoms with van der Waals surface area (Å²) in [5, 5.41) is 12.1. The molecule has 0 aliphatic carbocycles. The Labute approximate surface area is 142 Å². The third-order valence-electron chi connectivity index (χ3n) is 4.18. The van der Waals surface area contributed by atoms with Crippen molar-refractivity contribution in [1.29, 1.82) is 0 Å². The van der Waals surface area contributed by atoms with Crippen LogP contribution in [0.25, 0.3) is 0 Å². The molecule has 0 unspecified atom stereocenters. The maximum absolute atomic E-state index is 12.3. The third-order valence-corrected chi connectivity index (χ3v) is 4.18. The Hall–Kier alpha value is -2.50. The lowest BCUT2D eigenvalue weighted by atomic mass is 9.82. The SMILES string of the molecule is C=CCOc1ccc(C(=O)NCC(CC)(CC)C(=O)O)cc1OC. The van der Waals surface area contributed by atoms with Gasteiger partial charge in [-0.15, -0.1) is 0 Å². The molecule has 132 valence electrons. The van der Waals surface area contributed by atoms with E-state index >= 15 is 0 Å². The van der Waals surface area contributed by atoms with Crippen molar-refractivity contribution in [3.05, 3.63) is 36.4 Å². The average Bonchev–Trinajstić information content (AvgIpc) is 2.60. The van der Waals surface area contributed by atoms with Crippen LogP contribution in [0.1, 0.15) is 37.0 Å². The first-order valence-electron chi connectivity index (χ1n) is 7.87. The summed E-state index contributed by atoms with van der Waals surface area (Å²) in [6, 6.07) is 4.81. The van der Waals surface area contributed by atoms with Crippen LogP contribution in [0.2, 0.25) is 0 Å². The summed E-state index contributed by atoms with van der Waals surface area (Å²) in [6.45, 7) is 7.59. The standard InChI is InChI=1S/C18H25NO5/c1-5-10-24-14-9-8-13(11-15(14)23-4)16(20)19-12-18(6-2,7-3)17(21)22/h5,8-9,11H,1,6-7,10,12H2,2-4H3,(H,19,20)(H,21,22). The third kappa shape index (κ3) is 4.50. The van der Waals surface area contributed by atoms with Gasteiger partial charge in [0, 0.05) is 12.1 Å². The van der Waals surface area contributed by atoms with Crippen LogP contribution < -0.4 is 14.8 Å². The van der Waals surface area contributed by atoms with Gasteiger partial charge in [0.25, 0.3) is 5.91 Å². The second-order valence-electron chi connectivity index (χ2n) is 5.44. The summed E-state index contributed by atoms with van der Waals surface area (Å²) in [7, 11) is 1.49. The topological polar surface area (TPSA) is 84.9 Å². The number of carboxylic acid groups (broad SMARTS) is 1. The number of methoxy groups -OCH3 is 1. The highest BCUT2D eigenvalue weighted by molar-refractivity contribution is 5.95. The summed E-state index contributed by atoms with van der Waals surface area (Å²) in [6.07, 6.45) is 2.49. The Bertz CT molecular complexity index is 593. The summed E-state index contributed by atoms with van der Waals surface area (Å²) in [5.41, 5.74) is -0.573. The van der Waals surface area contributed by atoms with E-state index in [0.29, 0.717) is 36.5 Å². The fraction of sp³-hybridized carbons (Fsp3) is 0.444. The van der Waals surface area contributed by atoms with E-state index in [1.54, 1.807) is 38.1 Å². The first-order valence-corrected chi connectivity index (χ1v) is 7.87. The quantitative estimate of drug-likeness (QED) is 0.642. The number of rotatable bonds is 10. The molecule has 0 saturated heterocycles. The first-order chi connectivity index (χ1) is 11.4. The fourth-order valence-electron chi connectivity index (χ4n) is 2.31. The summed E-state index contributed by atoms with van der Waals surface area (Å²) in [5.74, 6) is -0.314. The number of hydrogen-bond acceptors (Lipinski definition) is 4. The molecule has 0 atom stereocenters. The van der Waals surface area contributed by atoms with Gasteiger partial charge >= 0.3 is 5.97 Å². The lowest BCUT2D eigenvalue weighted by Crippen LogP contribution is -2.42.